The van der Waals surface area contributed by atoms with Gasteiger partial charge >= 0.3 is 5.97 Å². The standard InChI is InChI=1S/C15H13N3O3/c1-9-10(2)17-18-15(13(9)8-16)21-12-5-3-4-11(6-12)7-14(19)20/h3-6H,7H2,1-2H3,(H,19,20). The first-order valence-electron chi connectivity index (χ1n) is 6.24. The van der Waals surface area contributed by atoms with Crippen LogP contribution in [0.2, 0.25) is 0 Å². The molecule has 0 atom stereocenters. The molecule has 0 saturated carbocycles. The van der Waals surface area contributed by atoms with Crippen molar-refractivity contribution in [2.75, 3.05) is 0 Å². The van der Waals surface area contributed by atoms with Crippen LogP contribution in [0.15, 0.2) is 24.3 Å². The number of nitrogens with zero attached hydrogens (tertiary/aromatic N) is 3. The maximum Gasteiger partial charge on any atom is 0.307 e. The van der Waals surface area contributed by atoms with Gasteiger partial charge in [-0.3, -0.25) is 4.79 Å². The molecule has 0 radical (unpaired) electrons. The summed E-state index contributed by atoms with van der Waals surface area (Å²) in [5.41, 5.74) is 2.31. The lowest BCUT2D eigenvalue weighted by Crippen LogP contribution is -2.02. The lowest BCUT2D eigenvalue weighted by molar-refractivity contribution is -0.136. The van der Waals surface area contributed by atoms with Gasteiger partial charge in [-0.2, -0.15) is 10.4 Å². The van der Waals surface area contributed by atoms with E-state index >= 15 is 0 Å². The van der Waals surface area contributed by atoms with Crippen molar-refractivity contribution in [1.82, 2.24) is 10.2 Å². The Morgan fingerprint density at radius 2 is 2.14 bits per heavy atom. The first kappa shape index (κ1) is 14.5. The van der Waals surface area contributed by atoms with Crippen LogP contribution >= 0.6 is 0 Å². The van der Waals surface area contributed by atoms with Crippen molar-refractivity contribution in [1.29, 1.82) is 5.26 Å². The number of nitriles is 1. The molecule has 0 saturated heterocycles. The molecule has 1 heterocycles. The van der Waals surface area contributed by atoms with E-state index in [4.69, 9.17) is 9.84 Å². The minimum Gasteiger partial charge on any atom is -0.481 e. The molecule has 0 amide bonds. The van der Waals surface area contributed by atoms with E-state index in [9.17, 15) is 10.1 Å². The number of aryl methyl sites for hydroxylation is 1. The number of carboxylic acids is 1. The maximum absolute atomic E-state index is 10.7. The topological polar surface area (TPSA) is 96.1 Å². The summed E-state index contributed by atoms with van der Waals surface area (Å²) in [4.78, 5) is 10.7. The fourth-order valence-electron chi connectivity index (χ4n) is 1.80. The molecule has 0 spiro atoms. The lowest BCUT2D eigenvalue weighted by atomic mass is 10.1. The van der Waals surface area contributed by atoms with Crippen LogP contribution in [0.5, 0.6) is 11.6 Å². The van der Waals surface area contributed by atoms with E-state index in [2.05, 4.69) is 16.3 Å². The van der Waals surface area contributed by atoms with Gasteiger partial charge < -0.3 is 9.84 Å². The number of carboxylic acid groups (broad SMARTS) is 1. The molecule has 2 aromatic rings. The zero-order chi connectivity index (χ0) is 15.4. The van der Waals surface area contributed by atoms with Crippen LogP contribution in [0.25, 0.3) is 0 Å². The number of hydrogen-bond donors (Lipinski definition) is 1. The molecule has 0 unspecified atom stereocenters. The van der Waals surface area contributed by atoms with Crippen LogP contribution in [0.4, 0.5) is 0 Å². The number of benzene rings is 1. The third-order valence-electron chi connectivity index (χ3n) is 3.00. The smallest absolute Gasteiger partial charge is 0.307 e. The molecular formula is C15H13N3O3. The van der Waals surface area contributed by atoms with Crippen molar-refractivity contribution < 1.29 is 14.6 Å². The van der Waals surface area contributed by atoms with Crippen LogP contribution in [-0.2, 0) is 11.2 Å². The lowest BCUT2D eigenvalue weighted by Gasteiger charge is -2.09. The van der Waals surface area contributed by atoms with E-state index in [1.54, 1.807) is 38.1 Å². The summed E-state index contributed by atoms with van der Waals surface area (Å²) in [6.45, 7) is 3.54. The van der Waals surface area contributed by atoms with E-state index < -0.39 is 5.97 Å². The Balaban J connectivity index is 2.33. The second-order valence-electron chi connectivity index (χ2n) is 4.52. The Morgan fingerprint density at radius 3 is 2.81 bits per heavy atom. The highest BCUT2D eigenvalue weighted by Crippen LogP contribution is 2.25. The predicted molar refractivity (Wildman–Crippen MR) is 74.1 cm³/mol. The fourth-order valence-corrected chi connectivity index (χ4v) is 1.80. The van der Waals surface area contributed by atoms with Gasteiger partial charge in [-0.05, 0) is 37.1 Å². The molecule has 1 aromatic heterocycles. The first-order valence-corrected chi connectivity index (χ1v) is 6.24. The zero-order valence-electron chi connectivity index (χ0n) is 11.6. The summed E-state index contributed by atoms with van der Waals surface area (Å²) in [5.74, 6) is -0.383. The van der Waals surface area contributed by atoms with E-state index in [-0.39, 0.29) is 12.3 Å². The van der Waals surface area contributed by atoms with E-state index in [1.165, 1.54) is 0 Å². The summed E-state index contributed by atoms with van der Waals surface area (Å²) < 4.78 is 5.57. The molecule has 21 heavy (non-hydrogen) atoms. The van der Waals surface area contributed by atoms with Crippen molar-refractivity contribution in [3.05, 3.63) is 46.6 Å². The highest BCUT2D eigenvalue weighted by molar-refractivity contribution is 5.70. The predicted octanol–water partition coefficient (Wildman–Crippen LogP) is 2.38. The molecule has 0 aliphatic carbocycles. The van der Waals surface area contributed by atoms with Gasteiger partial charge in [0.1, 0.15) is 17.4 Å². The van der Waals surface area contributed by atoms with Crippen LogP contribution in [-0.4, -0.2) is 21.3 Å². The van der Waals surface area contributed by atoms with Gasteiger partial charge in [-0.1, -0.05) is 12.1 Å². The van der Waals surface area contributed by atoms with Crippen molar-refractivity contribution in [3.8, 4) is 17.7 Å². The van der Waals surface area contributed by atoms with Crippen molar-refractivity contribution >= 4 is 5.97 Å². The Labute approximate surface area is 121 Å². The highest BCUT2D eigenvalue weighted by Gasteiger charge is 2.13. The van der Waals surface area contributed by atoms with Gasteiger partial charge in [-0.15, -0.1) is 5.10 Å². The molecule has 0 bridgehead atoms. The van der Waals surface area contributed by atoms with Crippen molar-refractivity contribution in [2.24, 2.45) is 0 Å². The molecule has 6 nitrogen and oxygen atoms in total. The van der Waals surface area contributed by atoms with Crippen molar-refractivity contribution in [3.63, 3.8) is 0 Å². The normalized spacial score (nSPS) is 9.95. The quantitative estimate of drug-likeness (QED) is 0.925. The largest absolute Gasteiger partial charge is 0.481 e. The fraction of sp³-hybridized carbons (Fsp3) is 0.200. The summed E-state index contributed by atoms with van der Waals surface area (Å²) >= 11 is 0. The molecule has 0 aliphatic rings. The van der Waals surface area contributed by atoms with Crippen LogP contribution in [0, 0.1) is 25.2 Å². The van der Waals surface area contributed by atoms with E-state index in [0.717, 1.165) is 0 Å². The minimum absolute atomic E-state index is 0.0963. The summed E-state index contributed by atoms with van der Waals surface area (Å²) in [6.07, 6.45) is -0.0963. The molecule has 6 heteroatoms. The summed E-state index contributed by atoms with van der Waals surface area (Å²) in [5, 5.41) is 25.8. The van der Waals surface area contributed by atoms with Gasteiger partial charge in [0.2, 0.25) is 0 Å². The highest BCUT2D eigenvalue weighted by atomic mass is 16.5. The Bertz CT molecular complexity index is 735. The number of carbonyl (C=O) groups is 1. The monoisotopic (exact) mass is 283 g/mol. The molecular weight excluding hydrogens is 270 g/mol. The third kappa shape index (κ3) is 3.34. The van der Waals surface area contributed by atoms with Gasteiger partial charge in [0.15, 0.2) is 0 Å². The molecule has 2 rings (SSSR count). The number of ether oxygens (including phenoxy) is 1. The molecule has 106 valence electrons. The summed E-state index contributed by atoms with van der Waals surface area (Å²) in [7, 11) is 0. The number of hydrogen-bond acceptors (Lipinski definition) is 5. The van der Waals surface area contributed by atoms with Crippen LogP contribution in [0.3, 0.4) is 0 Å². The van der Waals surface area contributed by atoms with Gasteiger partial charge in [0.05, 0.1) is 12.1 Å². The first-order chi connectivity index (χ1) is 10.0. The average molecular weight is 283 g/mol. The second-order valence-corrected chi connectivity index (χ2v) is 4.52. The number of rotatable bonds is 4. The van der Waals surface area contributed by atoms with E-state index in [0.29, 0.717) is 28.1 Å². The number of aliphatic carboxylic acids is 1. The van der Waals surface area contributed by atoms with E-state index in [1.807, 2.05) is 0 Å². The zero-order valence-corrected chi connectivity index (χ0v) is 11.6. The Morgan fingerprint density at radius 1 is 1.38 bits per heavy atom. The third-order valence-corrected chi connectivity index (χ3v) is 3.00. The van der Waals surface area contributed by atoms with Crippen LogP contribution < -0.4 is 4.74 Å². The molecule has 1 aromatic carbocycles. The summed E-state index contributed by atoms with van der Waals surface area (Å²) in [6, 6.07) is 8.70. The van der Waals surface area contributed by atoms with Crippen molar-refractivity contribution in [2.45, 2.75) is 20.3 Å². The molecule has 0 fully saturated rings. The Hall–Kier alpha value is -2.94. The maximum atomic E-state index is 10.7. The number of aromatic nitrogens is 2. The molecule has 1 N–H and O–H groups in total. The van der Waals surface area contributed by atoms with Gasteiger partial charge in [-0.25, -0.2) is 0 Å². The van der Waals surface area contributed by atoms with Gasteiger partial charge in [0.25, 0.3) is 5.88 Å². The second kappa shape index (κ2) is 6.01. The minimum atomic E-state index is -0.921. The van der Waals surface area contributed by atoms with Gasteiger partial charge in [0, 0.05) is 0 Å². The SMILES string of the molecule is Cc1nnc(Oc2cccc(CC(=O)O)c2)c(C#N)c1C. The van der Waals surface area contributed by atoms with Crippen LogP contribution in [0.1, 0.15) is 22.4 Å². The average Bonchev–Trinajstić information content (AvgIpc) is 2.43. The Kier molecular flexibility index (Phi) is 4.14. The molecule has 0 aliphatic heterocycles.